The van der Waals surface area contributed by atoms with Crippen molar-refractivity contribution in [3.63, 3.8) is 0 Å². The third-order valence-corrected chi connectivity index (χ3v) is 3.23. The first kappa shape index (κ1) is 14.0. The molecule has 1 aliphatic rings. The van der Waals surface area contributed by atoms with Gasteiger partial charge in [0.25, 0.3) is 0 Å². The van der Waals surface area contributed by atoms with E-state index in [0.29, 0.717) is 12.0 Å². The van der Waals surface area contributed by atoms with Crippen molar-refractivity contribution in [2.45, 2.75) is 31.3 Å². The summed E-state index contributed by atoms with van der Waals surface area (Å²) >= 11 is 0. The van der Waals surface area contributed by atoms with Gasteiger partial charge in [0.1, 0.15) is 12.7 Å². The fourth-order valence-corrected chi connectivity index (χ4v) is 2.01. The summed E-state index contributed by atoms with van der Waals surface area (Å²) in [7, 11) is 1.51. The normalized spacial score (nSPS) is 30.3. The van der Waals surface area contributed by atoms with E-state index in [2.05, 4.69) is 0 Å². The smallest absolute Gasteiger partial charge is 0.338 e. The summed E-state index contributed by atoms with van der Waals surface area (Å²) in [6.07, 6.45) is -0.683. The van der Waals surface area contributed by atoms with Crippen molar-refractivity contribution < 1.29 is 24.1 Å². The van der Waals surface area contributed by atoms with Crippen molar-refractivity contribution in [3.05, 3.63) is 35.9 Å². The van der Waals surface area contributed by atoms with Crippen LogP contribution < -0.4 is 0 Å². The first-order valence-corrected chi connectivity index (χ1v) is 6.16. The van der Waals surface area contributed by atoms with E-state index in [9.17, 15) is 9.90 Å². The summed E-state index contributed by atoms with van der Waals surface area (Å²) in [5.74, 6) is -0.430. The molecule has 3 atom stereocenters. The summed E-state index contributed by atoms with van der Waals surface area (Å²) in [6.45, 7) is 1.65. The molecular weight excluding hydrogens is 248 g/mol. The van der Waals surface area contributed by atoms with Gasteiger partial charge < -0.3 is 19.3 Å². The van der Waals surface area contributed by atoms with E-state index < -0.39 is 24.0 Å². The maximum absolute atomic E-state index is 11.8. The Kier molecular flexibility index (Phi) is 4.19. The van der Waals surface area contributed by atoms with Crippen LogP contribution in [0.3, 0.4) is 0 Å². The molecule has 19 heavy (non-hydrogen) atoms. The maximum Gasteiger partial charge on any atom is 0.338 e. The van der Waals surface area contributed by atoms with Crippen molar-refractivity contribution in [3.8, 4) is 0 Å². The van der Waals surface area contributed by atoms with Crippen LogP contribution in [-0.2, 0) is 14.2 Å². The molecule has 1 aromatic carbocycles. The van der Waals surface area contributed by atoms with E-state index in [4.69, 9.17) is 14.2 Å². The van der Waals surface area contributed by atoms with Crippen molar-refractivity contribution in [2.75, 3.05) is 13.7 Å². The fraction of sp³-hybridized carbons (Fsp3) is 0.500. The lowest BCUT2D eigenvalue weighted by Crippen LogP contribution is -2.38. The van der Waals surface area contributed by atoms with Crippen LogP contribution in [0.4, 0.5) is 0 Å². The standard InChI is InChI=1S/C14H18O5/c1-14(16)8-12(17-2)19-11(14)9-18-13(15)10-6-4-3-5-7-10/h3-7,11-12,16H,8-9H2,1-2H3/t11-,12+,14-/m1/s1. The first-order chi connectivity index (χ1) is 9.03. The first-order valence-electron chi connectivity index (χ1n) is 6.16. The summed E-state index contributed by atoms with van der Waals surface area (Å²) in [6, 6.07) is 8.70. The molecule has 0 aromatic heterocycles. The number of methoxy groups -OCH3 is 1. The van der Waals surface area contributed by atoms with Crippen LogP contribution in [0.2, 0.25) is 0 Å². The molecule has 1 heterocycles. The minimum Gasteiger partial charge on any atom is -0.459 e. The Labute approximate surface area is 112 Å². The Morgan fingerprint density at radius 2 is 2.16 bits per heavy atom. The molecule has 1 aromatic rings. The zero-order valence-corrected chi connectivity index (χ0v) is 11.0. The zero-order valence-electron chi connectivity index (χ0n) is 11.0. The molecule has 1 fully saturated rings. The Morgan fingerprint density at radius 3 is 2.74 bits per heavy atom. The number of hydrogen-bond donors (Lipinski definition) is 1. The number of rotatable bonds is 4. The monoisotopic (exact) mass is 266 g/mol. The van der Waals surface area contributed by atoms with Crippen molar-refractivity contribution in [1.82, 2.24) is 0 Å². The largest absolute Gasteiger partial charge is 0.459 e. The average molecular weight is 266 g/mol. The van der Waals surface area contributed by atoms with Crippen LogP contribution >= 0.6 is 0 Å². The molecular formula is C14H18O5. The van der Waals surface area contributed by atoms with Gasteiger partial charge in [0.05, 0.1) is 11.2 Å². The zero-order chi connectivity index (χ0) is 13.9. The van der Waals surface area contributed by atoms with Gasteiger partial charge in [0, 0.05) is 13.5 Å². The molecule has 2 rings (SSSR count). The molecule has 0 bridgehead atoms. The predicted octanol–water partition coefficient (Wildman–Crippen LogP) is 1.36. The van der Waals surface area contributed by atoms with E-state index in [-0.39, 0.29) is 6.61 Å². The van der Waals surface area contributed by atoms with Crippen LogP contribution in [0.15, 0.2) is 30.3 Å². The molecule has 1 saturated heterocycles. The second-order valence-electron chi connectivity index (χ2n) is 4.82. The molecule has 0 unspecified atom stereocenters. The Balaban J connectivity index is 1.91. The van der Waals surface area contributed by atoms with Gasteiger partial charge in [-0.05, 0) is 19.1 Å². The van der Waals surface area contributed by atoms with Gasteiger partial charge in [-0.2, -0.15) is 0 Å². The number of ether oxygens (including phenoxy) is 3. The van der Waals surface area contributed by atoms with E-state index in [1.807, 2.05) is 6.07 Å². The molecule has 104 valence electrons. The lowest BCUT2D eigenvalue weighted by molar-refractivity contribution is -0.134. The van der Waals surface area contributed by atoms with Gasteiger partial charge in [-0.1, -0.05) is 18.2 Å². The number of carbonyl (C=O) groups is 1. The van der Waals surface area contributed by atoms with Crippen LogP contribution in [0.25, 0.3) is 0 Å². The minimum absolute atomic E-state index is 0.000583. The van der Waals surface area contributed by atoms with Crippen molar-refractivity contribution in [2.24, 2.45) is 0 Å². The van der Waals surface area contributed by atoms with Crippen molar-refractivity contribution >= 4 is 5.97 Å². The quantitative estimate of drug-likeness (QED) is 0.833. The van der Waals surface area contributed by atoms with Crippen LogP contribution in [0, 0.1) is 0 Å². The average Bonchev–Trinajstić information content (AvgIpc) is 2.71. The molecule has 0 radical (unpaired) electrons. The van der Waals surface area contributed by atoms with Gasteiger partial charge in [-0.25, -0.2) is 4.79 Å². The minimum atomic E-state index is -1.06. The van der Waals surface area contributed by atoms with Crippen LogP contribution in [-0.4, -0.2) is 42.8 Å². The SMILES string of the molecule is CO[C@@H]1C[C@@](C)(O)[C@@H](COC(=O)c2ccccc2)O1. The predicted molar refractivity (Wildman–Crippen MR) is 67.6 cm³/mol. The number of hydrogen-bond acceptors (Lipinski definition) is 5. The number of carbonyl (C=O) groups excluding carboxylic acids is 1. The summed E-state index contributed by atoms with van der Waals surface area (Å²) < 4.78 is 15.7. The second kappa shape index (κ2) is 5.69. The van der Waals surface area contributed by atoms with E-state index >= 15 is 0 Å². The van der Waals surface area contributed by atoms with Gasteiger partial charge in [-0.15, -0.1) is 0 Å². The lowest BCUT2D eigenvalue weighted by atomic mass is 9.98. The molecule has 0 aliphatic carbocycles. The van der Waals surface area contributed by atoms with E-state index in [1.54, 1.807) is 31.2 Å². The topological polar surface area (TPSA) is 65.0 Å². The van der Waals surface area contributed by atoms with Gasteiger partial charge in [-0.3, -0.25) is 0 Å². The highest BCUT2D eigenvalue weighted by atomic mass is 16.7. The van der Waals surface area contributed by atoms with Crippen molar-refractivity contribution in [1.29, 1.82) is 0 Å². The van der Waals surface area contributed by atoms with Crippen LogP contribution in [0.1, 0.15) is 23.7 Å². The molecule has 0 spiro atoms. The van der Waals surface area contributed by atoms with Gasteiger partial charge in [0.2, 0.25) is 0 Å². The summed E-state index contributed by atoms with van der Waals surface area (Å²) in [5, 5.41) is 10.1. The third kappa shape index (κ3) is 3.32. The Bertz CT molecular complexity index is 429. The number of esters is 1. The molecule has 0 saturated carbocycles. The molecule has 1 aliphatic heterocycles. The number of aliphatic hydroxyl groups is 1. The fourth-order valence-electron chi connectivity index (χ4n) is 2.01. The Hall–Kier alpha value is -1.43. The number of benzene rings is 1. The molecule has 5 nitrogen and oxygen atoms in total. The van der Waals surface area contributed by atoms with Gasteiger partial charge >= 0.3 is 5.97 Å². The molecule has 5 heteroatoms. The molecule has 0 amide bonds. The third-order valence-electron chi connectivity index (χ3n) is 3.23. The summed E-state index contributed by atoms with van der Waals surface area (Å²) in [5.41, 5.74) is -0.582. The summed E-state index contributed by atoms with van der Waals surface area (Å²) in [4.78, 5) is 11.8. The van der Waals surface area contributed by atoms with E-state index in [0.717, 1.165) is 0 Å². The highest BCUT2D eigenvalue weighted by Crippen LogP contribution is 2.30. The maximum atomic E-state index is 11.8. The van der Waals surface area contributed by atoms with E-state index in [1.165, 1.54) is 7.11 Å². The highest BCUT2D eigenvalue weighted by Gasteiger charge is 2.44. The Morgan fingerprint density at radius 1 is 1.47 bits per heavy atom. The second-order valence-corrected chi connectivity index (χ2v) is 4.82. The van der Waals surface area contributed by atoms with Crippen LogP contribution in [0.5, 0.6) is 0 Å². The molecule has 1 N–H and O–H groups in total. The lowest BCUT2D eigenvalue weighted by Gasteiger charge is -2.22. The van der Waals surface area contributed by atoms with Gasteiger partial charge in [0.15, 0.2) is 6.29 Å². The highest BCUT2D eigenvalue weighted by molar-refractivity contribution is 5.89.